The monoisotopic (exact) mass is 258 g/mol. The van der Waals surface area contributed by atoms with Crippen LogP contribution in [0, 0.1) is 17.1 Å². The molecule has 0 aliphatic heterocycles. The highest BCUT2D eigenvalue weighted by molar-refractivity contribution is 5.34. The molecule has 1 N–H and O–H groups in total. The Morgan fingerprint density at radius 2 is 2.32 bits per heavy atom. The summed E-state index contributed by atoms with van der Waals surface area (Å²) in [6.45, 7) is 1.12. The summed E-state index contributed by atoms with van der Waals surface area (Å²) in [6.07, 6.45) is 4.43. The lowest BCUT2D eigenvalue weighted by molar-refractivity contribution is 0.581. The molecule has 98 valence electrons. The first-order valence-corrected chi connectivity index (χ1v) is 6.06. The van der Waals surface area contributed by atoms with Crippen LogP contribution in [-0.2, 0) is 20.0 Å². The molecule has 0 saturated heterocycles. The number of aryl methyl sites for hydroxylation is 1. The van der Waals surface area contributed by atoms with Gasteiger partial charge in [0.1, 0.15) is 17.7 Å². The number of halogens is 1. The predicted octanol–water partition coefficient (Wildman–Crippen LogP) is 1.76. The van der Waals surface area contributed by atoms with Crippen molar-refractivity contribution in [1.82, 2.24) is 14.9 Å². The first kappa shape index (κ1) is 13.2. The molecule has 0 atom stereocenters. The maximum atomic E-state index is 13.8. The number of benzene rings is 1. The van der Waals surface area contributed by atoms with Gasteiger partial charge in [-0.25, -0.2) is 9.37 Å². The third-order valence-electron chi connectivity index (χ3n) is 2.96. The Bertz CT molecular complexity index is 598. The molecule has 0 amide bonds. The number of rotatable bonds is 5. The molecule has 4 nitrogen and oxygen atoms in total. The molecule has 2 aromatic rings. The zero-order valence-electron chi connectivity index (χ0n) is 10.7. The molecule has 0 unspecified atom stereocenters. The van der Waals surface area contributed by atoms with Crippen LogP contribution in [0.5, 0.6) is 0 Å². The topological polar surface area (TPSA) is 53.6 Å². The zero-order valence-corrected chi connectivity index (χ0v) is 10.7. The van der Waals surface area contributed by atoms with E-state index >= 15 is 0 Å². The van der Waals surface area contributed by atoms with Gasteiger partial charge in [-0.2, -0.15) is 5.26 Å². The molecule has 1 aromatic heterocycles. The molecule has 19 heavy (non-hydrogen) atoms. The second-order valence-electron chi connectivity index (χ2n) is 4.27. The van der Waals surface area contributed by atoms with Crippen LogP contribution in [0.15, 0.2) is 30.6 Å². The van der Waals surface area contributed by atoms with Gasteiger partial charge in [-0.15, -0.1) is 0 Å². The standard InChI is InChI=1S/C14H15FN4/c1-19-8-7-18-13(19)5-6-17-10-12-4-2-3-11(9-16)14(12)15/h2-4,7-8,17H,5-6,10H2,1H3. The number of hydrogen-bond acceptors (Lipinski definition) is 3. The number of imidazole rings is 1. The van der Waals surface area contributed by atoms with Crippen molar-refractivity contribution < 1.29 is 4.39 Å². The summed E-state index contributed by atoms with van der Waals surface area (Å²) in [5.41, 5.74) is 0.599. The summed E-state index contributed by atoms with van der Waals surface area (Å²) in [4.78, 5) is 4.21. The maximum Gasteiger partial charge on any atom is 0.145 e. The Kier molecular flexibility index (Phi) is 4.26. The fourth-order valence-corrected chi connectivity index (χ4v) is 1.86. The van der Waals surface area contributed by atoms with Crippen molar-refractivity contribution in [3.05, 3.63) is 53.4 Å². The van der Waals surface area contributed by atoms with Gasteiger partial charge in [0.05, 0.1) is 5.56 Å². The summed E-state index contributed by atoms with van der Waals surface area (Å²) in [7, 11) is 1.94. The van der Waals surface area contributed by atoms with E-state index in [1.807, 2.05) is 23.9 Å². The van der Waals surface area contributed by atoms with E-state index in [1.165, 1.54) is 6.07 Å². The summed E-state index contributed by atoms with van der Waals surface area (Å²) in [5, 5.41) is 11.9. The van der Waals surface area contributed by atoms with E-state index in [-0.39, 0.29) is 5.56 Å². The van der Waals surface area contributed by atoms with Crippen LogP contribution in [-0.4, -0.2) is 16.1 Å². The fraction of sp³-hybridized carbons (Fsp3) is 0.286. The number of hydrogen-bond donors (Lipinski definition) is 1. The minimum atomic E-state index is -0.436. The molecule has 1 aromatic carbocycles. The SMILES string of the molecule is Cn1ccnc1CCNCc1cccc(C#N)c1F. The Hall–Kier alpha value is -2.19. The van der Waals surface area contributed by atoms with Crippen LogP contribution in [0.4, 0.5) is 4.39 Å². The van der Waals surface area contributed by atoms with E-state index in [0.29, 0.717) is 18.7 Å². The highest BCUT2D eigenvalue weighted by Crippen LogP contribution is 2.11. The van der Waals surface area contributed by atoms with E-state index in [0.717, 1.165) is 12.2 Å². The van der Waals surface area contributed by atoms with Crippen LogP contribution in [0.3, 0.4) is 0 Å². The molecular formula is C14H15FN4. The summed E-state index contributed by atoms with van der Waals surface area (Å²) in [5.74, 6) is 0.549. The van der Waals surface area contributed by atoms with Crippen LogP contribution in [0.1, 0.15) is 17.0 Å². The van der Waals surface area contributed by atoms with Crippen molar-refractivity contribution >= 4 is 0 Å². The van der Waals surface area contributed by atoms with Gasteiger partial charge in [0, 0.05) is 44.5 Å². The highest BCUT2D eigenvalue weighted by atomic mass is 19.1. The maximum absolute atomic E-state index is 13.8. The van der Waals surface area contributed by atoms with Gasteiger partial charge in [0.2, 0.25) is 0 Å². The van der Waals surface area contributed by atoms with Gasteiger partial charge >= 0.3 is 0 Å². The number of nitrogens with one attached hydrogen (secondary N) is 1. The minimum absolute atomic E-state index is 0.0865. The Morgan fingerprint density at radius 3 is 3.00 bits per heavy atom. The summed E-state index contributed by atoms with van der Waals surface area (Å²) in [6, 6.07) is 6.70. The van der Waals surface area contributed by atoms with E-state index in [4.69, 9.17) is 5.26 Å². The van der Waals surface area contributed by atoms with Gasteiger partial charge in [-0.3, -0.25) is 0 Å². The second-order valence-corrected chi connectivity index (χ2v) is 4.27. The summed E-state index contributed by atoms with van der Waals surface area (Å²) >= 11 is 0. The third-order valence-corrected chi connectivity index (χ3v) is 2.96. The van der Waals surface area contributed by atoms with Crippen molar-refractivity contribution in [3.8, 4) is 6.07 Å². The van der Waals surface area contributed by atoms with Gasteiger partial charge in [-0.1, -0.05) is 12.1 Å². The van der Waals surface area contributed by atoms with Gasteiger partial charge < -0.3 is 9.88 Å². The molecule has 0 radical (unpaired) electrons. The molecule has 0 spiro atoms. The quantitative estimate of drug-likeness (QED) is 0.831. The fourth-order valence-electron chi connectivity index (χ4n) is 1.86. The van der Waals surface area contributed by atoms with Crippen molar-refractivity contribution in [2.24, 2.45) is 7.05 Å². The Balaban J connectivity index is 1.87. The average molecular weight is 258 g/mol. The third kappa shape index (κ3) is 3.18. The molecule has 0 aliphatic carbocycles. The van der Waals surface area contributed by atoms with E-state index < -0.39 is 5.82 Å². The van der Waals surface area contributed by atoms with E-state index in [9.17, 15) is 4.39 Å². The smallest absolute Gasteiger partial charge is 0.145 e. The molecule has 0 aliphatic rings. The largest absolute Gasteiger partial charge is 0.338 e. The Labute approximate surface area is 111 Å². The number of nitriles is 1. The molecule has 2 rings (SSSR count). The molecular weight excluding hydrogens is 243 g/mol. The average Bonchev–Trinajstić information content (AvgIpc) is 2.82. The molecule has 0 bridgehead atoms. The van der Waals surface area contributed by atoms with Crippen molar-refractivity contribution in [3.63, 3.8) is 0 Å². The zero-order chi connectivity index (χ0) is 13.7. The van der Waals surface area contributed by atoms with Gasteiger partial charge in [-0.05, 0) is 6.07 Å². The van der Waals surface area contributed by atoms with Gasteiger partial charge in [0.25, 0.3) is 0 Å². The molecule has 0 fully saturated rings. The van der Waals surface area contributed by atoms with Crippen LogP contribution in [0.25, 0.3) is 0 Å². The Morgan fingerprint density at radius 1 is 1.47 bits per heavy atom. The molecule has 5 heteroatoms. The number of aromatic nitrogens is 2. The van der Waals surface area contributed by atoms with Crippen molar-refractivity contribution in [1.29, 1.82) is 5.26 Å². The second kappa shape index (κ2) is 6.12. The van der Waals surface area contributed by atoms with Crippen LogP contribution >= 0.6 is 0 Å². The summed E-state index contributed by atoms with van der Waals surface area (Å²) < 4.78 is 15.7. The van der Waals surface area contributed by atoms with E-state index in [2.05, 4.69) is 10.3 Å². The highest BCUT2D eigenvalue weighted by Gasteiger charge is 2.06. The van der Waals surface area contributed by atoms with Gasteiger partial charge in [0.15, 0.2) is 0 Å². The number of nitrogens with zero attached hydrogens (tertiary/aromatic N) is 3. The predicted molar refractivity (Wildman–Crippen MR) is 69.7 cm³/mol. The molecule has 1 heterocycles. The normalized spacial score (nSPS) is 10.4. The molecule has 0 saturated carbocycles. The lowest BCUT2D eigenvalue weighted by Gasteiger charge is -2.07. The van der Waals surface area contributed by atoms with Crippen LogP contribution < -0.4 is 5.32 Å². The van der Waals surface area contributed by atoms with Crippen molar-refractivity contribution in [2.45, 2.75) is 13.0 Å². The minimum Gasteiger partial charge on any atom is -0.338 e. The van der Waals surface area contributed by atoms with E-state index in [1.54, 1.807) is 18.3 Å². The van der Waals surface area contributed by atoms with Crippen LogP contribution in [0.2, 0.25) is 0 Å². The first-order chi connectivity index (χ1) is 9.22. The first-order valence-electron chi connectivity index (χ1n) is 6.06. The lowest BCUT2D eigenvalue weighted by Crippen LogP contribution is -2.19. The lowest BCUT2D eigenvalue weighted by atomic mass is 10.1. The van der Waals surface area contributed by atoms with Crippen molar-refractivity contribution in [2.75, 3.05) is 6.54 Å².